The number of aryl methyl sites for hydroxylation is 1. The van der Waals surface area contributed by atoms with Crippen LogP contribution in [0.2, 0.25) is 0 Å². The van der Waals surface area contributed by atoms with Crippen molar-refractivity contribution in [2.75, 3.05) is 11.3 Å². The molecule has 9 heteroatoms. The lowest BCUT2D eigenvalue weighted by molar-refractivity contribution is 0.593. The van der Waals surface area contributed by atoms with Crippen LogP contribution in [-0.2, 0) is 16.6 Å². The number of hydrogen-bond acceptors (Lipinski definition) is 5. The molecule has 0 aliphatic rings. The van der Waals surface area contributed by atoms with Crippen molar-refractivity contribution in [1.82, 2.24) is 14.8 Å². The topological polar surface area (TPSA) is 103 Å². The summed E-state index contributed by atoms with van der Waals surface area (Å²) in [6.45, 7) is 4.23. The van der Waals surface area contributed by atoms with E-state index in [4.69, 9.17) is 5.73 Å². The predicted octanol–water partition coefficient (Wildman–Crippen LogP) is 1.42. The number of aromatic nitrogens is 3. The monoisotopic (exact) mass is 373 g/mol. The summed E-state index contributed by atoms with van der Waals surface area (Å²) in [6.07, 6.45) is 1.52. The van der Waals surface area contributed by atoms with Gasteiger partial charge in [-0.25, -0.2) is 13.4 Å². The van der Waals surface area contributed by atoms with Gasteiger partial charge in [0, 0.05) is 17.2 Å². The first-order chi connectivity index (χ1) is 9.85. The molecule has 3 N–H and O–H groups in total. The summed E-state index contributed by atoms with van der Waals surface area (Å²) in [5.74, 6) is 0.253. The molecule has 0 atom stereocenters. The van der Waals surface area contributed by atoms with Crippen LogP contribution in [0.15, 0.2) is 27.7 Å². The smallest absolute Gasteiger partial charge is 0.266 e. The Bertz CT molecular complexity index is 740. The van der Waals surface area contributed by atoms with Crippen molar-refractivity contribution in [2.24, 2.45) is 5.73 Å². The second-order valence-electron chi connectivity index (χ2n) is 4.48. The van der Waals surface area contributed by atoms with E-state index in [0.29, 0.717) is 24.5 Å². The number of nitrogens with zero attached hydrogens (tertiary/aromatic N) is 3. The molecule has 7 nitrogen and oxygen atoms in total. The van der Waals surface area contributed by atoms with Gasteiger partial charge in [0.2, 0.25) is 0 Å². The van der Waals surface area contributed by atoms with E-state index in [2.05, 4.69) is 30.7 Å². The molecule has 0 radical (unpaired) electrons. The third kappa shape index (κ3) is 3.42. The maximum Gasteiger partial charge on any atom is 0.266 e. The molecule has 2 aromatic rings. The number of halogens is 1. The number of hydrogen-bond donors (Lipinski definition) is 2. The Morgan fingerprint density at radius 3 is 2.67 bits per heavy atom. The summed E-state index contributed by atoms with van der Waals surface area (Å²) < 4.78 is 29.8. The molecular weight excluding hydrogens is 358 g/mol. The van der Waals surface area contributed by atoms with Crippen LogP contribution in [0.4, 0.5) is 5.82 Å². The fourth-order valence-electron chi connectivity index (χ4n) is 2.03. The van der Waals surface area contributed by atoms with Crippen molar-refractivity contribution in [3.05, 3.63) is 34.2 Å². The first-order valence-corrected chi connectivity index (χ1v) is 8.51. The SMILES string of the molecule is Cc1nn(CCN)c(C)c1S(=O)(=O)Nc1ccc(Br)cn1. The lowest BCUT2D eigenvalue weighted by Crippen LogP contribution is -2.16. The molecule has 0 fully saturated rings. The predicted molar refractivity (Wildman–Crippen MR) is 83.5 cm³/mol. The molecular formula is C12H16BrN5O2S. The van der Waals surface area contributed by atoms with Crippen molar-refractivity contribution in [3.8, 4) is 0 Å². The van der Waals surface area contributed by atoms with E-state index in [0.717, 1.165) is 4.47 Å². The molecule has 2 rings (SSSR count). The summed E-state index contributed by atoms with van der Waals surface area (Å²) in [4.78, 5) is 4.17. The second-order valence-corrected chi connectivity index (χ2v) is 7.01. The Balaban J connectivity index is 2.38. The van der Waals surface area contributed by atoms with E-state index in [1.807, 2.05) is 0 Å². The van der Waals surface area contributed by atoms with Gasteiger partial charge in [0.25, 0.3) is 10.0 Å². The van der Waals surface area contributed by atoms with Crippen molar-refractivity contribution in [3.63, 3.8) is 0 Å². The lowest BCUT2D eigenvalue weighted by atomic mass is 10.4. The van der Waals surface area contributed by atoms with Gasteiger partial charge in [-0.2, -0.15) is 5.10 Å². The standard InChI is InChI=1S/C12H16BrN5O2S/c1-8-12(9(2)18(16-8)6-5-14)21(19,20)17-11-4-3-10(13)7-15-11/h3-4,7H,5-6,14H2,1-2H3,(H,15,17). The molecule has 0 bridgehead atoms. The van der Waals surface area contributed by atoms with E-state index in [1.165, 1.54) is 6.20 Å². The quantitative estimate of drug-likeness (QED) is 0.824. The van der Waals surface area contributed by atoms with Crippen LogP contribution in [-0.4, -0.2) is 29.7 Å². The van der Waals surface area contributed by atoms with E-state index in [1.54, 1.807) is 30.7 Å². The maximum absolute atomic E-state index is 12.5. The van der Waals surface area contributed by atoms with Gasteiger partial charge in [-0.3, -0.25) is 9.40 Å². The Morgan fingerprint density at radius 1 is 1.38 bits per heavy atom. The molecule has 0 saturated carbocycles. The molecule has 0 spiro atoms. The minimum atomic E-state index is -3.74. The lowest BCUT2D eigenvalue weighted by Gasteiger charge is -2.08. The van der Waals surface area contributed by atoms with Gasteiger partial charge in [0.1, 0.15) is 10.7 Å². The van der Waals surface area contributed by atoms with E-state index in [9.17, 15) is 8.42 Å². The highest BCUT2D eigenvalue weighted by atomic mass is 79.9. The molecule has 0 aromatic carbocycles. The van der Waals surface area contributed by atoms with E-state index in [-0.39, 0.29) is 10.7 Å². The summed E-state index contributed by atoms with van der Waals surface area (Å²) >= 11 is 3.25. The molecule has 114 valence electrons. The molecule has 0 amide bonds. The first kappa shape index (κ1) is 15.9. The zero-order chi connectivity index (χ0) is 15.6. The molecule has 0 unspecified atom stereocenters. The van der Waals surface area contributed by atoms with Gasteiger partial charge in [-0.15, -0.1) is 0 Å². The molecule has 21 heavy (non-hydrogen) atoms. The minimum Gasteiger partial charge on any atom is -0.329 e. The number of rotatable bonds is 5. The number of anilines is 1. The van der Waals surface area contributed by atoms with Crippen LogP contribution in [0.25, 0.3) is 0 Å². The van der Waals surface area contributed by atoms with Crippen LogP contribution in [0.1, 0.15) is 11.4 Å². The van der Waals surface area contributed by atoms with Crippen molar-refractivity contribution in [1.29, 1.82) is 0 Å². The highest BCUT2D eigenvalue weighted by Crippen LogP contribution is 2.22. The maximum atomic E-state index is 12.5. The Morgan fingerprint density at radius 2 is 2.10 bits per heavy atom. The fourth-order valence-corrected chi connectivity index (χ4v) is 3.69. The van der Waals surface area contributed by atoms with Gasteiger partial charge in [-0.05, 0) is 41.9 Å². The van der Waals surface area contributed by atoms with Crippen LogP contribution in [0.5, 0.6) is 0 Å². The van der Waals surface area contributed by atoms with Crippen molar-refractivity contribution < 1.29 is 8.42 Å². The van der Waals surface area contributed by atoms with Crippen LogP contribution in [0, 0.1) is 13.8 Å². The third-order valence-electron chi connectivity index (χ3n) is 2.89. The minimum absolute atomic E-state index is 0.167. The summed E-state index contributed by atoms with van der Waals surface area (Å²) in [5.41, 5.74) is 6.49. The molecule has 2 aromatic heterocycles. The van der Waals surface area contributed by atoms with E-state index < -0.39 is 10.0 Å². The molecule has 0 aliphatic heterocycles. The zero-order valence-corrected chi connectivity index (χ0v) is 14.1. The number of nitrogens with two attached hydrogens (primary N) is 1. The Labute approximate surface area is 131 Å². The van der Waals surface area contributed by atoms with Crippen molar-refractivity contribution in [2.45, 2.75) is 25.3 Å². The second kappa shape index (κ2) is 6.12. The van der Waals surface area contributed by atoms with Crippen LogP contribution < -0.4 is 10.5 Å². The molecule has 0 aliphatic carbocycles. The summed E-state index contributed by atoms with van der Waals surface area (Å²) in [7, 11) is -3.74. The average molecular weight is 374 g/mol. The average Bonchev–Trinajstić information content (AvgIpc) is 2.68. The normalized spacial score (nSPS) is 11.6. The molecule has 2 heterocycles. The van der Waals surface area contributed by atoms with Gasteiger partial charge < -0.3 is 5.73 Å². The van der Waals surface area contributed by atoms with Gasteiger partial charge in [0.05, 0.1) is 17.9 Å². The summed E-state index contributed by atoms with van der Waals surface area (Å²) in [6, 6.07) is 3.29. The van der Waals surface area contributed by atoms with Crippen LogP contribution >= 0.6 is 15.9 Å². The van der Waals surface area contributed by atoms with Crippen LogP contribution in [0.3, 0.4) is 0 Å². The largest absolute Gasteiger partial charge is 0.329 e. The Kier molecular flexibility index (Phi) is 4.64. The fraction of sp³-hybridized carbons (Fsp3) is 0.333. The highest BCUT2D eigenvalue weighted by molar-refractivity contribution is 9.10. The molecule has 0 saturated heterocycles. The van der Waals surface area contributed by atoms with Gasteiger partial charge >= 0.3 is 0 Å². The number of nitrogens with one attached hydrogen (secondary N) is 1. The van der Waals surface area contributed by atoms with Gasteiger partial charge in [-0.1, -0.05) is 0 Å². The zero-order valence-electron chi connectivity index (χ0n) is 11.7. The first-order valence-electron chi connectivity index (χ1n) is 6.23. The van der Waals surface area contributed by atoms with Gasteiger partial charge in [0.15, 0.2) is 0 Å². The van der Waals surface area contributed by atoms with Crippen molar-refractivity contribution >= 4 is 31.8 Å². The van der Waals surface area contributed by atoms with E-state index >= 15 is 0 Å². The number of pyridine rings is 1. The number of sulfonamides is 1. The highest BCUT2D eigenvalue weighted by Gasteiger charge is 2.24. The summed E-state index contributed by atoms with van der Waals surface area (Å²) in [5, 5.41) is 4.21. The third-order valence-corrected chi connectivity index (χ3v) is 4.97. The Hall–Kier alpha value is -1.45.